The highest BCUT2D eigenvalue weighted by Gasteiger charge is 2.29. The van der Waals surface area contributed by atoms with Crippen molar-refractivity contribution in [3.05, 3.63) is 60.2 Å². The number of carbonyl (C=O) groups excluding carboxylic acids is 2. The highest BCUT2D eigenvalue weighted by molar-refractivity contribution is 5.98. The first kappa shape index (κ1) is 23.0. The van der Waals surface area contributed by atoms with Crippen molar-refractivity contribution in [1.29, 1.82) is 0 Å². The number of carbonyl (C=O) groups is 2. The van der Waals surface area contributed by atoms with Crippen molar-refractivity contribution in [3.8, 4) is 0 Å². The molecule has 0 radical (unpaired) electrons. The SMILES string of the molecule is O=C(NCc1cccc[nH+]1)c1[nH]c(N2CCOCC2)[n+]2ccccc12.O=C([O-])C(F)(F)F. The third-order valence-corrected chi connectivity index (χ3v) is 4.56. The number of nitrogens with zero attached hydrogens (tertiary/aromatic N) is 2. The minimum absolute atomic E-state index is 0.125. The molecule has 3 aromatic rings. The molecule has 1 aliphatic heterocycles. The van der Waals surface area contributed by atoms with Crippen LogP contribution in [0.15, 0.2) is 48.8 Å². The summed E-state index contributed by atoms with van der Waals surface area (Å²) >= 11 is 0. The Labute approximate surface area is 180 Å². The van der Waals surface area contributed by atoms with Crippen LogP contribution < -0.4 is 24.7 Å². The summed E-state index contributed by atoms with van der Waals surface area (Å²) in [5.41, 5.74) is 2.38. The molecule has 170 valence electrons. The third-order valence-electron chi connectivity index (χ3n) is 4.56. The fraction of sp³-hybridized carbons (Fsp3) is 0.300. The number of pyridine rings is 2. The van der Waals surface area contributed by atoms with Crippen molar-refractivity contribution in [3.63, 3.8) is 0 Å². The van der Waals surface area contributed by atoms with Gasteiger partial charge in [0.2, 0.25) is 5.69 Å². The normalized spacial score (nSPS) is 13.9. The van der Waals surface area contributed by atoms with Crippen molar-refractivity contribution < 1.29 is 42.0 Å². The van der Waals surface area contributed by atoms with E-state index in [0.29, 0.717) is 25.5 Å². The number of imidazole rings is 1. The first-order chi connectivity index (χ1) is 15.3. The summed E-state index contributed by atoms with van der Waals surface area (Å²) in [5.74, 6) is -2.22. The van der Waals surface area contributed by atoms with Crippen LogP contribution in [0.4, 0.5) is 19.1 Å². The van der Waals surface area contributed by atoms with Crippen LogP contribution in [0.5, 0.6) is 0 Å². The molecular weight excluding hydrogens is 431 g/mol. The Balaban J connectivity index is 0.000000360. The van der Waals surface area contributed by atoms with Gasteiger partial charge in [-0.05, 0) is 12.1 Å². The van der Waals surface area contributed by atoms with Crippen LogP contribution >= 0.6 is 0 Å². The zero-order valence-electron chi connectivity index (χ0n) is 16.8. The van der Waals surface area contributed by atoms with E-state index >= 15 is 0 Å². The van der Waals surface area contributed by atoms with Crippen LogP contribution in [-0.4, -0.2) is 49.3 Å². The highest BCUT2D eigenvalue weighted by atomic mass is 19.4. The quantitative estimate of drug-likeness (QED) is 0.525. The fourth-order valence-electron chi connectivity index (χ4n) is 3.05. The Morgan fingerprint density at radius 1 is 1.19 bits per heavy atom. The number of anilines is 1. The van der Waals surface area contributed by atoms with E-state index < -0.39 is 12.1 Å². The third kappa shape index (κ3) is 5.72. The van der Waals surface area contributed by atoms with Crippen molar-refractivity contribution in [2.45, 2.75) is 12.7 Å². The average molecular weight is 452 g/mol. The molecule has 1 amide bonds. The van der Waals surface area contributed by atoms with Gasteiger partial charge in [0, 0.05) is 12.1 Å². The molecule has 9 nitrogen and oxygen atoms in total. The topological polar surface area (TPSA) is 116 Å². The number of aromatic amines is 2. The van der Waals surface area contributed by atoms with Crippen LogP contribution in [0.25, 0.3) is 5.52 Å². The lowest BCUT2D eigenvalue weighted by Crippen LogP contribution is -2.41. The van der Waals surface area contributed by atoms with Crippen LogP contribution in [0, 0.1) is 0 Å². The summed E-state index contributed by atoms with van der Waals surface area (Å²) in [6.07, 6.45) is -1.38. The number of hydrogen-bond donors (Lipinski definition) is 2. The van der Waals surface area contributed by atoms with Crippen molar-refractivity contribution in [2.75, 3.05) is 31.2 Å². The lowest BCUT2D eigenvalue weighted by atomic mass is 10.3. The molecule has 1 fully saturated rings. The van der Waals surface area contributed by atoms with Gasteiger partial charge in [0.25, 0.3) is 5.91 Å². The summed E-state index contributed by atoms with van der Waals surface area (Å²) < 4.78 is 39.0. The maximum Gasteiger partial charge on any atom is 0.430 e. The molecule has 4 heterocycles. The van der Waals surface area contributed by atoms with E-state index in [4.69, 9.17) is 14.6 Å². The summed E-state index contributed by atoms with van der Waals surface area (Å²) in [6.45, 7) is 3.44. The summed E-state index contributed by atoms with van der Waals surface area (Å²) in [5, 5.41) is 11.8. The van der Waals surface area contributed by atoms with Crippen LogP contribution in [-0.2, 0) is 16.1 Å². The Kier molecular flexibility index (Phi) is 7.25. The number of rotatable bonds is 4. The van der Waals surface area contributed by atoms with Gasteiger partial charge in [-0.2, -0.15) is 13.2 Å². The van der Waals surface area contributed by atoms with E-state index in [1.807, 2.05) is 53.2 Å². The lowest BCUT2D eigenvalue weighted by Gasteiger charge is -2.21. The predicted molar refractivity (Wildman–Crippen MR) is 102 cm³/mol. The predicted octanol–water partition coefficient (Wildman–Crippen LogP) is -0.367. The van der Waals surface area contributed by atoms with Crippen molar-refractivity contribution in [1.82, 2.24) is 10.3 Å². The van der Waals surface area contributed by atoms with Gasteiger partial charge in [-0.15, -0.1) is 0 Å². The Morgan fingerprint density at radius 2 is 1.88 bits per heavy atom. The van der Waals surface area contributed by atoms with Gasteiger partial charge in [0.1, 0.15) is 12.5 Å². The van der Waals surface area contributed by atoms with E-state index in [0.717, 1.165) is 30.2 Å². The first-order valence-corrected chi connectivity index (χ1v) is 9.64. The Bertz CT molecular complexity index is 1070. The average Bonchev–Trinajstić information content (AvgIpc) is 3.18. The number of ether oxygens (including phenoxy) is 1. The number of aromatic nitrogens is 3. The second kappa shape index (κ2) is 10.1. The monoisotopic (exact) mass is 452 g/mol. The number of nitrogens with one attached hydrogen (secondary N) is 3. The lowest BCUT2D eigenvalue weighted by molar-refractivity contribution is -0.497. The molecule has 4 rings (SSSR count). The number of morpholine rings is 1. The molecule has 32 heavy (non-hydrogen) atoms. The number of fused-ring (bicyclic) bond motifs is 1. The number of carboxylic acid groups (broad SMARTS) is 1. The number of alkyl halides is 3. The van der Waals surface area contributed by atoms with Gasteiger partial charge in [-0.1, -0.05) is 12.1 Å². The van der Waals surface area contributed by atoms with Gasteiger partial charge in [-0.3, -0.25) is 9.69 Å². The van der Waals surface area contributed by atoms with E-state index in [1.165, 1.54) is 0 Å². The minimum atomic E-state index is -5.19. The number of amides is 1. The minimum Gasteiger partial charge on any atom is -0.542 e. The molecule has 0 aromatic carbocycles. The summed E-state index contributed by atoms with van der Waals surface area (Å²) in [7, 11) is 0. The zero-order valence-corrected chi connectivity index (χ0v) is 16.8. The van der Waals surface area contributed by atoms with Gasteiger partial charge in [0.15, 0.2) is 17.4 Å². The molecule has 0 saturated carbocycles. The van der Waals surface area contributed by atoms with E-state index in [9.17, 15) is 18.0 Å². The van der Waals surface area contributed by atoms with Gasteiger partial charge in [-0.25, -0.2) is 14.4 Å². The maximum atomic E-state index is 12.7. The fourth-order valence-corrected chi connectivity index (χ4v) is 3.05. The van der Waals surface area contributed by atoms with Crippen LogP contribution in [0.1, 0.15) is 16.2 Å². The molecule has 1 saturated heterocycles. The molecular formula is C20H21F3N5O4+. The van der Waals surface area contributed by atoms with Crippen molar-refractivity contribution >= 4 is 23.3 Å². The maximum absolute atomic E-state index is 12.7. The molecule has 3 aromatic heterocycles. The zero-order chi connectivity index (χ0) is 23.1. The molecule has 0 unspecified atom stereocenters. The number of hydrogen-bond acceptors (Lipinski definition) is 5. The van der Waals surface area contributed by atoms with E-state index in [-0.39, 0.29) is 5.91 Å². The molecule has 0 spiro atoms. The molecule has 0 bridgehead atoms. The molecule has 3 N–H and O–H groups in total. The molecule has 12 heteroatoms. The first-order valence-electron chi connectivity index (χ1n) is 9.64. The second-order valence-corrected chi connectivity index (χ2v) is 6.73. The highest BCUT2D eigenvalue weighted by Crippen LogP contribution is 2.15. The van der Waals surface area contributed by atoms with E-state index in [2.05, 4.69) is 20.2 Å². The largest absolute Gasteiger partial charge is 0.542 e. The smallest absolute Gasteiger partial charge is 0.430 e. The number of carboxylic acids is 1. The Hall–Kier alpha value is -3.67. The number of aliphatic carboxylic acids is 1. The summed E-state index contributed by atoms with van der Waals surface area (Å²) in [4.78, 5) is 30.1. The molecule has 0 atom stereocenters. The number of H-pyrrole nitrogens is 2. The van der Waals surface area contributed by atoms with E-state index in [1.54, 1.807) is 0 Å². The van der Waals surface area contributed by atoms with Crippen LogP contribution in [0.3, 0.4) is 0 Å². The van der Waals surface area contributed by atoms with Gasteiger partial charge < -0.3 is 20.0 Å². The standard InChI is InChI=1S/C18H19N5O2.C2HF3O2/c24-17(20-13-14-5-1-3-7-19-14)16-15-6-2-4-8-23(15)18(21-16)22-9-11-25-12-10-22;3-2(4,5)1(6)7/h1-8H,9-13H2,(H,20,24);(H,6,7)/p+1. The molecule has 0 aliphatic carbocycles. The van der Waals surface area contributed by atoms with Gasteiger partial charge >= 0.3 is 12.1 Å². The number of halogens is 3. The molecule has 1 aliphatic rings. The van der Waals surface area contributed by atoms with Crippen molar-refractivity contribution in [2.24, 2.45) is 0 Å². The second-order valence-electron chi connectivity index (χ2n) is 6.73. The Morgan fingerprint density at radius 3 is 2.50 bits per heavy atom. The summed E-state index contributed by atoms with van der Waals surface area (Å²) in [6, 6.07) is 11.6. The van der Waals surface area contributed by atoms with Gasteiger partial charge in [0.05, 0.1) is 32.5 Å². The van der Waals surface area contributed by atoms with Crippen LogP contribution in [0.2, 0.25) is 0 Å².